The summed E-state index contributed by atoms with van der Waals surface area (Å²) in [5.74, 6) is -3.75. The SMILES string of the molecule is COC1=CCN(C(OC2CCC(C(=O)O)CC2)(C(=O)Cc2cc(Cl)c(NC(=O)c3coc4ccccc34)cc2F)N2CCCC2)C=C1OC. The van der Waals surface area contributed by atoms with E-state index in [9.17, 15) is 19.5 Å². The van der Waals surface area contributed by atoms with E-state index in [4.69, 9.17) is 30.2 Å². The molecule has 3 aromatic rings. The number of aliphatic carboxylic acids is 1. The zero-order chi connectivity index (χ0) is 34.7. The Morgan fingerprint density at radius 3 is 2.47 bits per heavy atom. The van der Waals surface area contributed by atoms with Crippen molar-refractivity contribution < 1.29 is 42.5 Å². The van der Waals surface area contributed by atoms with E-state index in [2.05, 4.69) is 5.32 Å². The molecule has 3 aliphatic rings. The number of carboxylic acid groups (broad SMARTS) is 1. The highest BCUT2D eigenvalue weighted by Crippen LogP contribution is 2.38. The third-order valence-electron chi connectivity index (χ3n) is 9.53. The van der Waals surface area contributed by atoms with Crippen molar-refractivity contribution in [3.05, 3.63) is 88.4 Å². The highest BCUT2D eigenvalue weighted by molar-refractivity contribution is 6.34. The summed E-state index contributed by atoms with van der Waals surface area (Å²) in [6.45, 7) is 1.35. The fraction of sp³-hybridized carbons (Fsp3) is 0.417. The zero-order valence-electron chi connectivity index (χ0n) is 27.4. The minimum absolute atomic E-state index is 0.0320. The maximum Gasteiger partial charge on any atom is 0.306 e. The van der Waals surface area contributed by atoms with Gasteiger partial charge in [-0.25, -0.2) is 4.39 Å². The summed E-state index contributed by atoms with van der Waals surface area (Å²) in [6, 6.07) is 9.51. The van der Waals surface area contributed by atoms with Gasteiger partial charge in [-0.2, -0.15) is 0 Å². The number of ether oxygens (including phenoxy) is 3. The molecule has 2 aliphatic heterocycles. The van der Waals surface area contributed by atoms with Crippen molar-refractivity contribution in [1.82, 2.24) is 9.80 Å². The first kappa shape index (κ1) is 34.5. The molecule has 49 heavy (non-hydrogen) atoms. The third-order valence-corrected chi connectivity index (χ3v) is 9.84. The van der Waals surface area contributed by atoms with Crippen molar-refractivity contribution in [3.63, 3.8) is 0 Å². The summed E-state index contributed by atoms with van der Waals surface area (Å²) in [5, 5.41) is 12.9. The van der Waals surface area contributed by atoms with Gasteiger partial charge in [-0.05, 0) is 68.4 Å². The van der Waals surface area contributed by atoms with Crippen LogP contribution in [-0.2, 0) is 30.2 Å². The van der Waals surface area contributed by atoms with Crippen LogP contribution in [0.5, 0.6) is 0 Å². The Labute approximate surface area is 288 Å². The molecule has 2 aromatic carbocycles. The first-order valence-corrected chi connectivity index (χ1v) is 16.7. The maximum atomic E-state index is 15.9. The lowest BCUT2D eigenvalue weighted by Crippen LogP contribution is -2.67. The van der Waals surface area contributed by atoms with Gasteiger partial charge < -0.3 is 34.0 Å². The van der Waals surface area contributed by atoms with Crippen LogP contribution >= 0.6 is 11.6 Å². The number of carboxylic acids is 1. The maximum absolute atomic E-state index is 15.9. The van der Waals surface area contributed by atoms with Crippen LogP contribution in [0.3, 0.4) is 0 Å². The molecule has 1 amide bonds. The molecule has 1 aliphatic carbocycles. The number of fused-ring (bicyclic) bond motifs is 1. The molecule has 0 spiro atoms. The number of nitrogens with zero attached hydrogens (tertiary/aromatic N) is 2. The van der Waals surface area contributed by atoms with Crippen LogP contribution in [0.15, 0.2) is 70.9 Å². The van der Waals surface area contributed by atoms with E-state index in [1.807, 2.05) is 4.90 Å². The number of ketones is 1. The molecule has 1 unspecified atom stereocenters. The van der Waals surface area contributed by atoms with E-state index >= 15 is 4.39 Å². The molecule has 260 valence electrons. The predicted octanol–water partition coefficient (Wildman–Crippen LogP) is 6.33. The van der Waals surface area contributed by atoms with Crippen LogP contribution in [0.25, 0.3) is 11.0 Å². The monoisotopic (exact) mass is 695 g/mol. The number of nitrogens with one attached hydrogen (secondary N) is 1. The first-order valence-electron chi connectivity index (χ1n) is 16.4. The standard InChI is InChI=1S/C36H39ClFN3O8/c1-46-31-13-16-41(20-32(31)47-2)36(40-14-5-6-15-40,49-24-11-9-22(10-12-24)35(44)45)33(42)18-23-17-27(37)29(19-28(23)38)39-34(43)26-21-48-30-8-4-3-7-25(26)30/h3-4,7-8,13,17,19-22,24H,5-6,9-12,14-16,18H2,1-2H3,(H,39,43)(H,44,45). The van der Waals surface area contributed by atoms with Crippen LogP contribution in [0.2, 0.25) is 5.02 Å². The topological polar surface area (TPSA) is 131 Å². The van der Waals surface area contributed by atoms with Crippen LogP contribution in [0, 0.1) is 11.7 Å². The zero-order valence-corrected chi connectivity index (χ0v) is 28.1. The molecule has 13 heteroatoms. The largest absolute Gasteiger partial charge is 0.493 e. The minimum atomic E-state index is -1.66. The Morgan fingerprint density at radius 1 is 1.06 bits per heavy atom. The van der Waals surface area contributed by atoms with Gasteiger partial charge >= 0.3 is 5.97 Å². The molecule has 1 saturated heterocycles. The number of hydrogen-bond donors (Lipinski definition) is 2. The Balaban J connectivity index is 1.31. The lowest BCUT2D eigenvalue weighted by Gasteiger charge is -2.50. The normalized spacial score (nSPS) is 21.1. The number of anilines is 1. The number of carbonyl (C=O) groups excluding carboxylic acids is 2. The molecular weight excluding hydrogens is 657 g/mol. The molecule has 2 fully saturated rings. The average molecular weight is 696 g/mol. The second-order valence-corrected chi connectivity index (χ2v) is 12.9. The van der Waals surface area contributed by atoms with Gasteiger partial charge in [0.2, 0.25) is 5.78 Å². The summed E-state index contributed by atoms with van der Waals surface area (Å²) in [4.78, 5) is 43.3. The van der Waals surface area contributed by atoms with Crippen molar-refractivity contribution in [2.75, 3.05) is 39.2 Å². The lowest BCUT2D eigenvalue weighted by atomic mass is 9.87. The minimum Gasteiger partial charge on any atom is -0.493 e. The first-order chi connectivity index (χ1) is 23.6. The predicted molar refractivity (Wildman–Crippen MR) is 179 cm³/mol. The van der Waals surface area contributed by atoms with E-state index < -0.39 is 41.3 Å². The van der Waals surface area contributed by atoms with E-state index in [1.165, 1.54) is 26.5 Å². The van der Waals surface area contributed by atoms with E-state index in [0.29, 0.717) is 61.3 Å². The van der Waals surface area contributed by atoms with Crippen LogP contribution in [0.1, 0.15) is 54.4 Å². The lowest BCUT2D eigenvalue weighted by molar-refractivity contribution is -0.244. The van der Waals surface area contributed by atoms with Gasteiger partial charge in [0, 0.05) is 37.6 Å². The quantitative estimate of drug-likeness (QED) is 0.222. The number of methoxy groups -OCH3 is 2. The molecule has 1 atom stereocenters. The number of benzene rings is 2. The van der Waals surface area contributed by atoms with Crippen molar-refractivity contribution >= 4 is 45.9 Å². The summed E-state index contributed by atoms with van der Waals surface area (Å²) >= 11 is 6.60. The number of furan rings is 1. The molecule has 11 nitrogen and oxygen atoms in total. The smallest absolute Gasteiger partial charge is 0.306 e. The molecule has 1 aromatic heterocycles. The summed E-state index contributed by atoms with van der Waals surface area (Å²) < 4.78 is 39.3. The number of Topliss-reactive ketones (excluding diaryl/α,β-unsaturated/α-hetero) is 1. The van der Waals surface area contributed by atoms with Crippen molar-refractivity contribution in [2.24, 2.45) is 5.92 Å². The van der Waals surface area contributed by atoms with Crippen molar-refractivity contribution in [3.8, 4) is 0 Å². The molecule has 6 rings (SSSR count). The summed E-state index contributed by atoms with van der Waals surface area (Å²) in [5.41, 5.74) is 0.882. The second-order valence-electron chi connectivity index (χ2n) is 12.5. The van der Waals surface area contributed by atoms with E-state index in [1.54, 1.807) is 41.4 Å². The van der Waals surface area contributed by atoms with E-state index in [-0.39, 0.29) is 34.8 Å². The highest BCUT2D eigenvalue weighted by atomic mass is 35.5. The fourth-order valence-corrected chi connectivity index (χ4v) is 7.18. The fourth-order valence-electron chi connectivity index (χ4n) is 6.95. The van der Waals surface area contributed by atoms with Gasteiger partial charge in [-0.1, -0.05) is 29.8 Å². The van der Waals surface area contributed by atoms with Crippen LogP contribution < -0.4 is 5.32 Å². The molecule has 0 radical (unpaired) electrons. The molecule has 2 N–H and O–H groups in total. The number of rotatable bonds is 12. The van der Waals surface area contributed by atoms with Gasteiger partial charge in [0.25, 0.3) is 11.8 Å². The van der Waals surface area contributed by atoms with E-state index in [0.717, 1.165) is 18.9 Å². The Morgan fingerprint density at radius 2 is 1.78 bits per heavy atom. The number of hydrogen-bond acceptors (Lipinski definition) is 9. The molecule has 0 bridgehead atoms. The Bertz CT molecular complexity index is 1790. The van der Waals surface area contributed by atoms with Gasteiger partial charge in [0.05, 0.1) is 42.5 Å². The number of amides is 1. The average Bonchev–Trinajstić information content (AvgIpc) is 3.80. The molecular formula is C36H39ClFN3O8. The van der Waals surface area contributed by atoms with Crippen LogP contribution in [0.4, 0.5) is 10.1 Å². The third kappa shape index (κ3) is 6.90. The van der Waals surface area contributed by atoms with Gasteiger partial charge in [0.1, 0.15) is 17.7 Å². The summed E-state index contributed by atoms with van der Waals surface area (Å²) in [7, 11) is 3.03. The number of para-hydroxylation sites is 1. The summed E-state index contributed by atoms with van der Waals surface area (Å²) in [6.07, 6.45) is 7.42. The second kappa shape index (κ2) is 14.6. The van der Waals surface area contributed by atoms with Gasteiger partial charge in [-0.15, -0.1) is 0 Å². The van der Waals surface area contributed by atoms with Gasteiger partial charge in [0.15, 0.2) is 11.5 Å². The highest BCUT2D eigenvalue weighted by Gasteiger charge is 2.52. The number of halogens is 2. The van der Waals surface area contributed by atoms with Crippen molar-refractivity contribution in [1.29, 1.82) is 0 Å². The Hall–Kier alpha value is -4.39. The van der Waals surface area contributed by atoms with Gasteiger partial charge in [-0.3, -0.25) is 19.3 Å². The van der Waals surface area contributed by atoms with Crippen molar-refractivity contribution in [2.45, 2.75) is 56.9 Å². The molecule has 3 heterocycles. The number of carbonyl (C=O) groups is 3. The number of likely N-dealkylation sites (tertiary alicyclic amines) is 1. The molecule has 1 saturated carbocycles. The Kier molecular flexibility index (Phi) is 10.3. The van der Waals surface area contributed by atoms with Crippen LogP contribution in [-0.4, -0.2) is 78.4 Å².